The molecule has 138 valence electrons. The third kappa shape index (κ3) is 7.51. The standard InChI is InChI=1S/C19H33NO4/c1-7-10-20(13-16(21)14-24-19(2,3)4)12-15-8-9-17(22-5)18(11-15)23-6/h8-9,11,16,21H,7,10,12-14H2,1-6H3/t16-/m1/s1. The van der Waals surface area contributed by atoms with Crippen LogP contribution in [0.3, 0.4) is 0 Å². The van der Waals surface area contributed by atoms with Crippen molar-refractivity contribution in [2.24, 2.45) is 0 Å². The number of hydrogen-bond donors (Lipinski definition) is 1. The van der Waals surface area contributed by atoms with Gasteiger partial charge in [0, 0.05) is 13.1 Å². The first kappa shape index (κ1) is 20.7. The van der Waals surface area contributed by atoms with Crippen molar-refractivity contribution >= 4 is 0 Å². The van der Waals surface area contributed by atoms with E-state index in [-0.39, 0.29) is 5.60 Å². The maximum Gasteiger partial charge on any atom is 0.161 e. The Morgan fingerprint density at radius 2 is 1.79 bits per heavy atom. The number of hydrogen-bond acceptors (Lipinski definition) is 5. The molecule has 0 bridgehead atoms. The maximum absolute atomic E-state index is 10.3. The van der Waals surface area contributed by atoms with Crippen molar-refractivity contribution in [3.63, 3.8) is 0 Å². The van der Waals surface area contributed by atoms with Gasteiger partial charge >= 0.3 is 0 Å². The normalized spacial score (nSPS) is 13.2. The fraction of sp³-hybridized carbons (Fsp3) is 0.684. The van der Waals surface area contributed by atoms with Crippen LogP contribution in [0.25, 0.3) is 0 Å². The fourth-order valence-corrected chi connectivity index (χ4v) is 2.49. The lowest BCUT2D eigenvalue weighted by Gasteiger charge is -2.27. The molecule has 0 aliphatic heterocycles. The van der Waals surface area contributed by atoms with Gasteiger partial charge in [0.25, 0.3) is 0 Å². The average Bonchev–Trinajstić information content (AvgIpc) is 2.52. The van der Waals surface area contributed by atoms with Crippen LogP contribution in [0.15, 0.2) is 18.2 Å². The third-order valence-electron chi connectivity index (χ3n) is 3.57. The Morgan fingerprint density at radius 1 is 1.12 bits per heavy atom. The van der Waals surface area contributed by atoms with Gasteiger partial charge in [0.2, 0.25) is 0 Å². The van der Waals surface area contributed by atoms with Crippen LogP contribution in [0, 0.1) is 0 Å². The molecule has 0 radical (unpaired) electrons. The van der Waals surface area contributed by atoms with Crippen molar-refractivity contribution in [2.45, 2.75) is 52.4 Å². The van der Waals surface area contributed by atoms with Gasteiger partial charge < -0.3 is 19.3 Å². The Hall–Kier alpha value is -1.30. The first-order valence-corrected chi connectivity index (χ1v) is 8.54. The van der Waals surface area contributed by atoms with Crippen molar-refractivity contribution in [3.8, 4) is 11.5 Å². The zero-order chi connectivity index (χ0) is 18.2. The molecule has 1 aromatic carbocycles. The highest BCUT2D eigenvalue weighted by Crippen LogP contribution is 2.28. The highest BCUT2D eigenvalue weighted by atomic mass is 16.5. The SMILES string of the molecule is CCCN(Cc1ccc(OC)c(OC)c1)C[C@@H](O)COC(C)(C)C. The quantitative estimate of drug-likeness (QED) is 0.710. The van der Waals surface area contributed by atoms with Gasteiger partial charge in [-0.05, 0) is 51.4 Å². The van der Waals surface area contributed by atoms with Crippen LogP contribution in [0.5, 0.6) is 11.5 Å². The van der Waals surface area contributed by atoms with E-state index in [0.717, 1.165) is 36.6 Å². The molecule has 0 saturated heterocycles. The maximum atomic E-state index is 10.3. The molecule has 0 aromatic heterocycles. The molecule has 0 unspecified atom stereocenters. The summed E-state index contributed by atoms with van der Waals surface area (Å²) in [5.74, 6) is 1.45. The number of ether oxygens (including phenoxy) is 3. The molecule has 0 saturated carbocycles. The second kappa shape index (κ2) is 9.87. The lowest BCUT2D eigenvalue weighted by atomic mass is 10.1. The van der Waals surface area contributed by atoms with Crippen molar-refractivity contribution < 1.29 is 19.3 Å². The highest BCUT2D eigenvalue weighted by Gasteiger charge is 2.17. The molecule has 24 heavy (non-hydrogen) atoms. The number of methoxy groups -OCH3 is 2. The molecule has 1 N–H and O–H groups in total. The van der Waals surface area contributed by atoms with Crippen LogP contribution >= 0.6 is 0 Å². The number of benzene rings is 1. The Morgan fingerprint density at radius 3 is 2.33 bits per heavy atom. The molecule has 1 rings (SSSR count). The summed E-state index contributed by atoms with van der Waals surface area (Å²) in [6.07, 6.45) is 0.524. The first-order chi connectivity index (χ1) is 11.3. The molecule has 0 amide bonds. The molecule has 1 aromatic rings. The number of nitrogens with zero attached hydrogens (tertiary/aromatic N) is 1. The summed E-state index contributed by atoms with van der Waals surface area (Å²) in [7, 11) is 3.27. The molecule has 0 fully saturated rings. The minimum Gasteiger partial charge on any atom is -0.493 e. The van der Waals surface area contributed by atoms with E-state index in [1.54, 1.807) is 14.2 Å². The van der Waals surface area contributed by atoms with Crippen molar-refractivity contribution in [3.05, 3.63) is 23.8 Å². The summed E-state index contributed by atoms with van der Waals surface area (Å²) in [5, 5.41) is 10.3. The lowest BCUT2D eigenvalue weighted by molar-refractivity contribution is -0.0566. The second-order valence-corrected chi connectivity index (χ2v) is 7.00. The van der Waals surface area contributed by atoms with Crippen LogP contribution in [0.2, 0.25) is 0 Å². The van der Waals surface area contributed by atoms with Crippen LogP contribution < -0.4 is 9.47 Å². The van der Waals surface area contributed by atoms with E-state index < -0.39 is 6.10 Å². The molecule has 0 heterocycles. The fourth-order valence-electron chi connectivity index (χ4n) is 2.49. The van der Waals surface area contributed by atoms with Gasteiger partial charge in [0.1, 0.15) is 0 Å². The van der Waals surface area contributed by atoms with E-state index in [1.165, 1.54) is 0 Å². The van der Waals surface area contributed by atoms with Gasteiger partial charge in [-0.25, -0.2) is 0 Å². The van der Waals surface area contributed by atoms with Gasteiger partial charge in [-0.3, -0.25) is 4.90 Å². The van der Waals surface area contributed by atoms with E-state index in [9.17, 15) is 5.11 Å². The minimum atomic E-state index is -0.504. The van der Waals surface area contributed by atoms with Crippen molar-refractivity contribution in [1.29, 1.82) is 0 Å². The Kier molecular flexibility index (Phi) is 8.53. The number of aliphatic hydroxyl groups is 1. The van der Waals surface area contributed by atoms with E-state index in [0.29, 0.717) is 13.2 Å². The monoisotopic (exact) mass is 339 g/mol. The van der Waals surface area contributed by atoms with E-state index >= 15 is 0 Å². The van der Waals surface area contributed by atoms with E-state index in [4.69, 9.17) is 14.2 Å². The summed E-state index contributed by atoms with van der Waals surface area (Å²) in [4.78, 5) is 2.23. The van der Waals surface area contributed by atoms with Crippen LogP contribution in [-0.2, 0) is 11.3 Å². The minimum absolute atomic E-state index is 0.236. The Bertz CT molecular complexity index is 485. The predicted octanol–water partition coefficient (Wildman–Crippen LogP) is 3.09. The Balaban J connectivity index is 2.68. The average molecular weight is 339 g/mol. The summed E-state index contributed by atoms with van der Waals surface area (Å²) in [6.45, 7) is 10.7. The van der Waals surface area contributed by atoms with E-state index in [2.05, 4.69) is 11.8 Å². The third-order valence-corrected chi connectivity index (χ3v) is 3.57. The van der Waals surface area contributed by atoms with Crippen LogP contribution in [-0.4, -0.2) is 55.6 Å². The Labute approximate surface area is 146 Å². The molecular weight excluding hydrogens is 306 g/mol. The molecule has 0 aliphatic carbocycles. The first-order valence-electron chi connectivity index (χ1n) is 8.54. The number of aliphatic hydroxyl groups excluding tert-OH is 1. The second-order valence-electron chi connectivity index (χ2n) is 7.00. The van der Waals surface area contributed by atoms with Crippen LogP contribution in [0.4, 0.5) is 0 Å². The number of rotatable bonds is 10. The molecule has 1 atom stereocenters. The summed E-state index contributed by atoms with van der Waals surface area (Å²) >= 11 is 0. The van der Waals surface area contributed by atoms with Crippen molar-refractivity contribution in [2.75, 3.05) is 33.9 Å². The van der Waals surface area contributed by atoms with Crippen LogP contribution in [0.1, 0.15) is 39.7 Å². The highest BCUT2D eigenvalue weighted by molar-refractivity contribution is 5.42. The molecule has 5 nitrogen and oxygen atoms in total. The van der Waals surface area contributed by atoms with E-state index in [1.807, 2.05) is 39.0 Å². The molecular formula is C19H33NO4. The predicted molar refractivity (Wildman–Crippen MR) is 96.8 cm³/mol. The summed E-state index contributed by atoms with van der Waals surface area (Å²) in [5.41, 5.74) is 0.893. The van der Waals surface area contributed by atoms with Gasteiger partial charge in [-0.15, -0.1) is 0 Å². The van der Waals surface area contributed by atoms with Gasteiger partial charge in [0.15, 0.2) is 11.5 Å². The van der Waals surface area contributed by atoms with Crippen molar-refractivity contribution in [1.82, 2.24) is 4.90 Å². The van der Waals surface area contributed by atoms with Gasteiger partial charge in [-0.2, -0.15) is 0 Å². The molecule has 0 spiro atoms. The topological polar surface area (TPSA) is 51.2 Å². The lowest BCUT2D eigenvalue weighted by Crippen LogP contribution is -2.37. The molecule has 5 heteroatoms. The summed E-state index contributed by atoms with van der Waals surface area (Å²) < 4.78 is 16.3. The summed E-state index contributed by atoms with van der Waals surface area (Å²) in [6, 6.07) is 5.93. The zero-order valence-corrected chi connectivity index (χ0v) is 16.0. The van der Waals surface area contributed by atoms with Gasteiger partial charge in [0.05, 0.1) is 32.5 Å². The zero-order valence-electron chi connectivity index (χ0n) is 16.0. The smallest absolute Gasteiger partial charge is 0.161 e. The van der Waals surface area contributed by atoms with Gasteiger partial charge in [-0.1, -0.05) is 13.0 Å². The largest absolute Gasteiger partial charge is 0.493 e. The molecule has 0 aliphatic rings.